The normalized spacial score (nSPS) is 10.8. The van der Waals surface area contributed by atoms with Gasteiger partial charge < -0.3 is 10.5 Å². The molecule has 104 valence electrons. The fraction of sp³-hybridized carbons (Fsp3) is 0.0625. The minimum atomic E-state index is -0.144. The topological polar surface area (TPSA) is 79.0 Å². The van der Waals surface area contributed by atoms with Gasteiger partial charge in [-0.25, -0.2) is 0 Å². The average molecular weight is 279 g/mol. The molecule has 5 nitrogen and oxygen atoms in total. The van der Waals surface area contributed by atoms with E-state index in [-0.39, 0.29) is 5.91 Å². The number of anilines is 1. The monoisotopic (exact) mass is 279 g/mol. The van der Waals surface area contributed by atoms with Gasteiger partial charge in [0.05, 0.1) is 11.6 Å². The van der Waals surface area contributed by atoms with E-state index in [1.54, 1.807) is 48.5 Å². The molecule has 0 saturated carbocycles. The third-order valence-corrected chi connectivity index (χ3v) is 2.75. The molecule has 2 rings (SSSR count). The Kier molecular flexibility index (Phi) is 4.32. The van der Waals surface area contributed by atoms with E-state index in [9.17, 15) is 10.0 Å². The number of rotatable bonds is 3. The second kappa shape index (κ2) is 6.35. The quantitative estimate of drug-likeness (QED) is 0.406. The van der Waals surface area contributed by atoms with Crippen LogP contribution in [0.5, 0.6) is 0 Å². The second-order valence-electron chi connectivity index (χ2n) is 4.42. The molecule has 0 fully saturated rings. The van der Waals surface area contributed by atoms with Crippen LogP contribution in [0.25, 0.3) is 0 Å². The lowest BCUT2D eigenvalue weighted by atomic mass is 10.2. The number of benzene rings is 2. The zero-order valence-corrected chi connectivity index (χ0v) is 11.4. The zero-order chi connectivity index (χ0) is 15.2. The van der Waals surface area contributed by atoms with Crippen LogP contribution in [0.1, 0.15) is 18.1 Å². The van der Waals surface area contributed by atoms with Gasteiger partial charge in [-0.15, -0.1) is 0 Å². The lowest BCUT2D eigenvalue weighted by Gasteiger charge is -2.04. The Bertz CT molecular complexity index is 711. The maximum Gasteiger partial charge on any atom is 0.221 e. The van der Waals surface area contributed by atoms with Gasteiger partial charge in [0.25, 0.3) is 0 Å². The first-order valence-electron chi connectivity index (χ1n) is 6.27. The summed E-state index contributed by atoms with van der Waals surface area (Å²) >= 11 is 0. The van der Waals surface area contributed by atoms with Crippen molar-refractivity contribution in [3.63, 3.8) is 0 Å². The Hall–Kier alpha value is -3.13. The molecule has 0 aliphatic rings. The van der Waals surface area contributed by atoms with E-state index in [1.165, 1.54) is 13.1 Å². The van der Waals surface area contributed by atoms with Gasteiger partial charge in [0.2, 0.25) is 11.6 Å². The summed E-state index contributed by atoms with van der Waals surface area (Å²) in [5.41, 5.74) is 2.34. The number of carbonyl (C=O) groups excluding carboxylic acids is 1. The maximum absolute atomic E-state index is 12.0. The lowest BCUT2D eigenvalue weighted by Crippen LogP contribution is -2.05. The van der Waals surface area contributed by atoms with Crippen molar-refractivity contribution in [1.82, 2.24) is 0 Å². The molecule has 21 heavy (non-hydrogen) atoms. The first-order chi connectivity index (χ1) is 10.1. The summed E-state index contributed by atoms with van der Waals surface area (Å²) in [7, 11) is 0. The predicted octanol–water partition coefficient (Wildman–Crippen LogP) is 2.78. The van der Waals surface area contributed by atoms with Crippen molar-refractivity contribution in [1.29, 1.82) is 5.26 Å². The van der Waals surface area contributed by atoms with Crippen LogP contribution in [0.4, 0.5) is 11.4 Å². The summed E-state index contributed by atoms with van der Waals surface area (Å²) in [6.45, 7) is 1.43. The van der Waals surface area contributed by atoms with Crippen LogP contribution in [0.2, 0.25) is 0 Å². The van der Waals surface area contributed by atoms with Gasteiger partial charge in [0.1, 0.15) is 0 Å². The highest BCUT2D eigenvalue weighted by Crippen LogP contribution is 2.13. The molecule has 0 saturated heterocycles. The number of amides is 1. The molecule has 1 amide bonds. The molecular weight excluding hydrogens is 266 g/mol. The highest BCUT2D eigenvalue weighted by atomic mass is 16.5. The van der Waals surface area contributed by atoms with Crippen LogP contribution in [-0.2, 0) is 4.79 Å². The third-order valence-electron chi connectivity index (χ3n) is 2.75. The van der Waals surface area contributed by atoms with Gasteiger partial charge in [0.15, 0.2) is 6.21 Å². The van der Waals surface area contributed by atoms with E-state index >= 15 is 0 Å². The van der Waals surface area contributed by atoms with Crippen molar-refractivity contribution in [2.75, 3.05) is 5.32 Å². The number of nitrogens with zero attached hydrogens (tertiary/aromatic N) is 2. The highest BCUT2D eigenvalue weighted by Gasteiger charge is 2.02. The molecular formula is C16H13N3O2. The summed E-state index contributed by atoms with van der Waals surface area (Å²) in [5.74, 6) is -0.144. The van der Waals surface area contributed by atoms with E-state index in [0.717, 1.165) is 4.74 Å². The molecule has 0 spiro atoms. The first kappa shape index (κ1) is 14.3. The van der Waals surface area contributed by atoms with Crippen LogP contribution >= 0.6 is 0 Å². The molecule has 2 aromatic rings. The Balaban J connectivity index is 2.17. The first-order valence-corrected chi connectivity index (χ1v) is 6.27. The van der Waals surface area contributed by atoms with Crippen molar-refractivity contribution in [2.45, 2.75) is 6.92 Å². The molecule has 1 N–H and O–H groups in total. The van der Waals surface area contributed by atoms with E-state index in [4.69, 9.17) is 5.26 Å². The van der Waals surface area contributed by atoms with Crippen molar-refractivity contribution >= 4 is 23.5 Å². The smallest absolute Gasteiger partial charge is 0.221 e. The largest absolute Gasteiger partial charge is 0.618 e. The van der Waals surface area contributed by atoms with Crippen molar-refractivity contribution in [3.8, 4) is 6.07 Å². The van der Waals surface area contributed by atoms with Crippen LogP contribution < -0.4 is 5.32 Å². The highest BCUT2D eigenvalue weighted by molar-refractivity contribution is 5.89. The fourth-order valence-corrected chi connectivity index (χ4v) is 1.75. The Labute approximate surface area is 122 Å². The van der Waals surface area contributed by atoms with E-state index in [1.807, 2.05) is 6.07 Å². The van der Waals surface area contributed by atoms with Crippen LogP contribution in [0.15, 0.2) is 48.5 Å². The van der Waals surface area contributed by atoms with Crippen molar-refractivity contribution in [3.05, 3.63) is 64.9 Å². The van der Waals surface area contributed by atoms with Gasteiger partial charge in [-0.05, 0) is 36.4 Å². The van der Waals surface area contributed by atoms with Crippen LogP contribution in [-0.4, -0.2) is 16.9 Å². The molecule has 0 aromatic heterocycles. The number of hydrogen-bond acceptors (Lipinski definition) is 3. The number of hydrogen-bond donors (Lipinski definition) is 1. The minimum absolute atomic E-state index is 0.144. The molecule has 0 atom stereocenters. The van der Waals surface area contributed by atoms with E-state index < -0.39 is 0 Å². The van der Waals surface area contributed by atoms with Crippen LogP contribution in [0, 0.1) is 16.5 Å². The van der Waals surface area contributed by atoms with Crippen LogP contribution in [0.3, 0.4) is 0 Å². The van der Waals surface area contributed by atoms with E-state index in [2.05, 4.69) is 5.32 Å². The molecule has 0 unspecified atom stereocenters. The molecule has 2 aromatic carbocycles. The summed E-state index contributed by atoms with van der Waals surface area (Å²) in [5, 5.41) is 23.4. The number of carbonyl (C=O) groups is 1. The summed E-state index contributed by atoms with van der Waals surface area (Å²) in [6, 6.07) is 15.3. The molecule has 0 radical (unpaired) electrons. The van der Waals surface area contributed by atoms with Gasteiger partial charge >= 0.3 is 0 Å². The van der Waals surface area contributed by atoms with Gasteiger partial charge in [-0.3, -0.25) is 4.79 Å². The standard InChI is InChI=1S/C16H13N3O2/c1-12(20)18-15-6-2-14(3-7-15)11-19(21)16-8-4-13(10-17)5-9-16/h2-9,11H,1H3,(H,18,20). The fourth-order valence-electron chi connectivity index (χ4n) is 1.75. The Morgan fingerprint density at radius 3 is 2.33 bits per heavy atom. The average Bonchev–Trinajstić information content (AvgIpc) is 2.49. The lowest BCUT2D eigenvalue weighted by molar-refractivity contribution is -0.354. The molecule has 0 bridgehead atoms. The van der Waals surface area contributed by atoms with Crippen molar-refractivity contribution in [2.24, 2.45) is 0 Å². The van der Waals surface area contributed by atoms with Crippen molar-refractivity contribution < 1.29 is 9.53 Å². The summed E-state index contributed by atoms with van der Waals surface area (Å²) in [6.07, 6.45) is 1.43. The molecule has 5 heteroatoms. The van der Waals surface area contributed by atoms with E-state index in [0.29, 0.717) is 22.5 Å². The third kappa shape index (κ3) is 3.91. The molecule has 0 aliphatic heterocycles. The summed E-state index contributed by atoms with van der Waals surface area (Å²) in [4.78, 5) is 10.9. The van der Waals surface area contributed by atoms with Gasteiger partial charge in [0, 0.05) is 30.3 Å². The maximum atomic E-state index is 12.0. The number of nitriles is 1. The SMILES string of the molecule is CC(=O)Nc1ccc(C=[N+]([O-])c2ccc(C#N)cc2)cc1. The molecule has 0 aliphatic carbocycles. The Morgan fingerprint density at radius 2 is 1.81 bits per heavy atom. The van der Waals surface area contributed by atoms with Gasteiger partial charge in [-0.2, -0.15) is 10.0 Å². The summed E-state index contributed by atoms with van der Waals surface area (Å²) < 4.78 is 0.731. The molecule has 0 heterocycles. The zero-order valence-electron chi connectivity index (χ0n) is 11.4. The minimum Gasteiger partial charge on any atom is -0.618 e. The predicted molar refractivity (Wildman–Crippen MR) is 80.4 cm³/mol. The Morgan fingerprint density at radius 1 is 1.19 bits per heavy atom. The van der Waals surface area contributed by atoms with Gasteiger partial charge in [-0.1, -0.05) is 0 Å². The second-order valence-corrected chi connectivity index (χ2v) is 4.42. The number of nitrogens with one attached hydrogen (secondary N) is 1.